The van der Waals surface area contributed by atoms with Gasteiger partial charge in [-0.1, -0.05) is 60.2 Å². The molecule has 0 saturated carbocycles. The zero-order chi connectivity index (χ0) is 22.8. The van der Waals surface area contributed by atoms with Crippen LogP contribution >= 0.6 is 24.0 Å². The van der Waals surface area contributed by atoms with E-state index in [0.29, 0.717) is 22.2 Å². The summed E-state index contributed by atoms with van der Waals surface area (Å²) in [5, 5.41) is 3.01. The van der Waals surface area contributed by atoms with E-state index in [9.17, 15) is 9.59 Å². The molecule has 0 bridgehead atoms. The third-order valence-corrected chi connectivity index (χ3v) is 6.99. The quantitative estimate of drug-likeness (QED) is 0.300. The van der Waals surface area contributed by atoms with Gasteiger partial charge >= 0.3 is 0 Å². The van der Waals surface area contributed by atoms with E-state index in [1.54, 1.807) is 4.90 Å². The lowest BCUT2D eigenvalue weighted by molar-refractivity contribution is -0.122. The zero-order valence-corrected chi connectivity index (χ0v) is 20.4. The number of morpholine rings is 1. The molecule has 8 heteroatoms. The molecule has 2 amide bonds. The Hall–Kier alpha value is -1.74. The lowest BCUT2D eigenvalue weighted by Crippen LogP contribution is -2.38. The number of hydrogen-bond acceptors (Lipinski definition) is 6. The number of hydrogen-bond donors (Lipinski definition) is 1. The molecule has 0 unspecified atom stereocenters. The topological polar surface area (TPSA) is 61.9 Å². The molecule has 0 aliphatic carbocycles. The van der Waals surface area contributed by atoms with E-state index in [0.717, 1.165) is 70.6 Å². The molecule has 32 heavy (non-hydrogen) atoms. The molecule has 2 saturated heterocycles. The Bertz CT molecular complexity index is 820. The predicted octanol–water partition coefficient (Wildman–Crippen LogP) is 3.60. The van der Waals surface area contributed by atoms with Crippen molar-refractivity contribution in [2.24, 2.45) is 0 Å². The zero-order valence-electron chi connectivity index (χ0n) is 18.8. The van der Waals surface area contributed by atoms with Crippen molar-refractivity contribution in [1.29, 1.82) is 0 Å². The Morgan fingerprint density at radius 3 is 2.62 bits per heavy atom. The lowest BCUT2D eigenvalue weighted by Gasteiger charge is -2.26. The number of nitrogens with one attached hydrogen (secondary N) is 1. The largest absolute Gasteiger partial charge is 0.379 e. The number of thiocarbonyl (C=S) groups is 1. The molecule has 0 atom stereocenters. The summed E-state index contributed by atoms with van der Waals surface area (Å²) in [6.07, 6.45) is 5.97. The van der Waals surface area contributed by atoms with Crippen LogP contribution in [-0.2, 0) is 14.3 Å². The van der Waals surface area contributed by atoms with E-state index in [1.807, 2.05) is 37.3 Å². The van der Waals surface area contributed by atoms with Crippen molar-refractivity contribution in [3.63, 3.8) is 0 Å². The van der Waals surface area contributed by atoms with Crippen LogP contribution in [0.2, 0.25) is 0 Å². The molecule has 2 aliphatic heterocycles. The second kappa shape index (κ2) is 13.1. The Balaban J connectivity index is 1.28. The standard InChI is InChI=1S/C24H33N3O3S2/c1-19-7-9-20(10-8-19)18-21-23(29)27(24(31)32-21)13-4-2-3-6-22(28)25-11-5-12-26-14-16-30-17-15-26/h7-10,18H,2-6,11-17H2,1H3,(H,25,28). The van der Waals surface area contributed by atoms with Gasteiger partial charge in [0.15, 0.2) is 0 Å². The molecule has 1 aromatic carbocycles. The van der Waals surface area contributed by atoms with Gasteiger partial charge in [0.2, 0.25) is 5.91 Å². The monoisotopic (exact) mass is 475 g/mol. The summed E-state index contributed by atoms with van der Waals surface area (Å²) >= 11 is 6.78. The molecule has 6 nitrogen and oxygen atoms in total. The Morgan fingerprint density at radius 2 is 1.88 bits per heavy atom. The van der Waals surface area contributed by atoms with Gasteiger partial charge in [-0.25, -0.2) is 0 Å². The maximum atomic E-state index is 12.7. The molecule has 0 radical (unpaired) electrons. The van der Waals surface area contributed by atoms with Crippen LogP contribution in [-0.4, -0.2) is 71.9 Å². The van der Waals surface area contributed by atoms with Crippen LogP contribution in [0.25, 0.3) is 6.08 Å². The minimum absolute atomic E-state index is 0.0152. The van der Waals surface area contributed by atoms with Crippen molar-refractivity contribution < 1.29 is 14.3 Å². The molecule has 3 rings (SSSR count). The van der Waals surface area contributed by atoms with E-state index >= 15 is 0 Å². The predicted molar refractivity (Wildman–Crippen MR) is 134 cm³/mol. The van der Waals surface area contributed by atoms with Gasteiger partial charge in [-0.15, -0.1) is 0 Å². The molecule has 0 spiro atoms. The minimum atomic E-state index is -0.0152. The highest BCUT2D eigenvalue weighted by Crippen LogP contribution is 2.32. The molecule has 1 aromatic rings. The molecule has 174 valence electrons. The number of carbonyl (C=O) groups excluding carboxylic acids is 2. The maximum absolute atomic E-state index is 12.7. The molecule has 1 N–H and O–H groups in total. The number of ether oxygens (including phenoxy) is 1. The fourth-order valence-corrected chi connectivity index (χ4v) is 4.99. The van der Waals surface area contributed by atoms with Crippen LogP contribution in [0.15, 0.2) is 29.2 Å². The maximum Gasteiger partial charge on any atom is 0.266 e. The summed E-state index contributed by atoms with van der Waals surface area (Å²) < 4.78 is 5.96. The fourth-order valence-electron chi connectivity index (χ4n) is 3.68. The average Bonchev–Trinajstić information content (AvgIpc) is 3.06. The van der Waals surface area contributed by atoms with Gasteiger partial charge in [-0.05, 0) is 44.4 Å². The van der Waals surface area contributed by atoms with Gasteiger partial charge < -0.3 is 10.1 Å². The average molecular weight is 476 g/mol. The Kier molecular flexibility index (Phi) is 10.2. The van der Waals surface area contributed by atoms with E-state index in [4.69, 9.17) is 17.0 Å². The number of aryl methyl sites for hydroxylation is 1. The van der Waals surface area contributed by atoms with Gasteiger partial charge in [-0.3, -0.25) is 19.4 Å². The smallest absolute Gasteiger partial charge is 0.266 e. The molecule has 2 heterocycles. The number of nitrogens with zero attached hydrogens (tertiary/aromatic N) is 2. The van der Waals surface area contributed by atoms with Crippen LogP contribution in [0.1, 0.15) is 43.2 Å². The van der Waals surface area contributed by atoms with Gasteiger partial charge in [-0.2, -0.15) is 0 Å². The third-order valence-electron chi connectivity index (χ3n) is 5.61. The first-order chi connectivity index (χ1) is 15.5. The fraction of sp³-hybridized carbons (Fsp3) is 0.542. The van der Waals surface area contributed by atoms with Crippen molar-refractivity contribution >= 4 is 46.2 Å². The number of carbonyl (C=O) groups is 2. The van der Waals surface area contributed by atoms with Gasteiger partial charge in [0.05, 0.1) is 18.1 Å². The molecule has 2 fully saturated rings. The number of thioether (sulfide) groups is 1. The van der Waals surface area contributed by atoms with Crippen LogP contribution in [0.4, 0.5) is 0 Å². The first kappa shape index (κ1) is 24.9. The summed E-state index contributed by atoms with van der Waals surface area (Å²) in [5.74, 6) is 0.0946. The van der Waals surface area contributed by atoms with E-state index in [1.165, 1.54) is 17.3 Å². The van der Waals surface area contributed by atoms with Gasteiger partial charge in [0, 0.05) is 32.6 Å². The second-order valence-electron chi connectivity index (χ2n) is 8.21. The summed E-state index contributed by atoms with van der Waals surface area (Å²) in [5.41, 5.74) is 2.20. The Morgan fingerprint density at radius 1 is 1.12 bits per heavy atom. The highest BCUT2D eigenvalue weighted by Gasteiger charge is 2.31. The highest BCUT2D eigenvalue weighted by atomic mass is 32.2. The first-order valence-electron chi connectivity index (χ1n) is 11.4. The van der Waals surface area contributed by atoms with Crippen molar-refractivity contribution in [2.45, 2.75) is 39.0 Å². The summed E-state index contributed by atoms with van der Waals surface area (Å²) in [4.78, 5) is 29.4. The number of amides is 2. The van der Waals surface area contributed by atoms with Crippen LogP contribution in [0.5, 0.6) is 0 Å². The van der Waals surface area contributed by atoms with E-state index in [-0.39, 0.29) is 11.8 Å². The summed E-state index contributed by atoms with van der Waals surface area (Å²) in [7, 11) is 0. The SMILES string of the molecule is Cc1ccc(C=C2SC(=S)N(CCCCCC(=O)NCCCN3CCOCC3)C2=O)cc1. The van der Waals surface area contributed by atoms with Crippen LogP contribution in [0.3, 0.4) is 0 Å². The highest BCUT2D eigenvalue weighted by molar-refractivity contribution is 8.26. The number of benzene rings is 1. The third kappa shape index (κ3) is 7.99. The van der Waals surface area contributed by atoms with Crippen molar-refractivity contribution in [3.8, 4) is 0 Å². The lowest BCUT2D eigenvalue weighted by atomic mass is 10.1. The molecular formula is C24H33N3O3S2. The van der Waals surface area contributed by atoms with Crippen molar-refractivity contribution in [1.82, 2.24) is 15.1 Å². The number of unbranched alkanes of at least 4 members (excludes halogenated alkanes) is 2. The van der Waals surface area contributed by atoms with E-state index < -0.39 is 0 Å². The van der Waals surface area contributed by atoms with Gasteiger partial charge in [0.25, 0.3) is 5.91 Å². The van der Waals surface area contributed by atoms with Crippen LogP contribution in [0, 0.1) is 6.92 Å². The normalized spacial score (nSPS) is 18.5. The minimum Gasteiger partial charge on any atom is -0.379 e. The Labute approximate surface area is 200 Å². The second-order valence-corrected chi connectivity index (χ2v) is 9.89. The van der Waals surface area contributed by atoms with Gasteiger partial charge in [0.1, 0.15) is 4.32 Å². The molecular weight excluding hydrogens is 442 g/mol. The van der Waals surface area contributed by atoms with Crippen molar-refractivity contribution in [3.05, 3.63) is 40.3 Å². The molecule has 2 aliphatic rings. The number of rotatable bonds is 11. The molecule has 0 aromatic heterocycles. The van der Waals surface area contributed by atoms with Crippen LogP contribution < -0.4 is 5.32 Å². The summed E-state index contributed by atoms with van der Waals surface area (Å²) in [6, 6.07) is 8.09. The van der Waals surface area contributed by atoms with Crippen molar-refractivity contribution in [2.75, 3.05) is 45.9 Å². The first-order valence-corrected chi connectivity index (χ1v) is 12.6. The van der Waals surface area contributed by atoms with E-state index in [2.05, 4.69) is 10.2 Å². The summed E-state index contributed by atoms with van der Waals surface area (Å²) in [6.45, 7) is 7.96.